The van der Waals surface area contributed by atoms with E-state index >= 15 is 0 Å². The fourth-order valence-electron chi connectivity index (χ4n) is 6.96. The summed E-state index contributed by atoms with van der Waals surface area (Å²) in [4.78, 5) is 32.9. The first-order valence-corrected chi connectivity index (χ1v) is 17.2. The van der Waals surface area contributed by atoms with E-state index in [1.807, 2.05) is 49.5 Å². The van der Waals surface area contributed by atoms with Gasteiger partial charge in [-0.05, 0) is 96.7 Å². The van der Waals surface area contributed by atoms with Crippen LogP contribution >= 0.6 is 0 Å². The van der Waals surface area contributed by atoms with E-state index in [9.17, 15) is 9.59 Å². The molecular weight excluding hydrogens is 614 g/mol. The van der Waals surface area contributed by atoms with Crippen molar-refractivity contribution in [2.75, 3.05) is 26.4 Å². The number of ether oxygens (including phenoxy) is 3. The molecule has 1 unspecified atom stereocenters. The molecule has 8 heteroatoms. The Hall–Kier alpha value is -5.37. The van der Waals surface area contributed by atoms with E-state index in [1.54, 1.807) is 0 Å². The lowest BCUT2D eigenvalue weighted by atomic mass is 9.87. The van der Waals surface area contributed by atoms with Crippen LogP contribution < -0.4 is 19.5 Å². The number of carbonyl (C=O) groups excluding carboxylic acids is 2. The number of nitrogens with one attached hydrogen (secondary N) is 1. The Morgan fingerprint density at radius 2 is 1.69 bits per heavy atom. The summed E-state index contributed by atoms with van der Waals surface area (Å²) in [7, 11) is 0. The van der Waals surface area contributed by atoms with Crippen LogP contribution in [0.2, 0.25) is 0 Å². The molecule has 1 aromatic heterocycles. The number of hydrogen-bond acceptors (Lipinski definition) is 6. The predicted octanol–water partition coefficient (Wildman–Crippen LogP) is 7.98. The minimum absolute atomic E-state index is 0.227. The molecule has 1 fully saturated rings. The molecule has 2 aliphatic heterocycles. The van der Waals surface area contributed by atoms with Crippen molar-refractivity contribution in [3.63, 3.8) is 0 Å². The number of amides is 3. The van der Waals surface area contributed by atoms with Crippen LogP contribution in [0.3, 0.4) is 0 Å². The Balaban J connectivity index is 0.981. The summed E-state index contributed by atoms with van der Waals surface area (Å²) in [5.74, 6) is 1.83. The number of fused-ring (bicyclic) bond motifs is 2. The molecule has 0 aliphatic carbocycles. The van der Waals surface area contributed by atoms with Crippen LogP contribution in [0.5, 0.6) is 17.2 Å². The second-order valence-corrected chi connectivity index (χ2v) is 12.7. The Bertz CT molecular complexity index is 1990. The summed E-state index contributed by atoms with van der Waals surface area (Å²) in [6, 6.07) is 30.2. The molecule has 5 aromatic rings. The molecule has 0 saturated carbocycles. The first-order valence-electron chi connectivity index (χ1n) is 17.2. The number of aryl methyl sites for hydroxylation is 1. The highest BCUT2D eigenvalue weighted by Gasteiger charge is 2.51. The van der Waals surface area contributed by atoms with Crippen LogP contribution in [0.4, 0.5) is 4.79 Å². The fraction of sp³-hybridized carbons (Fsp3) is 0.293. The molecule has 0 radical (unpaired) electrons. The van der Waals surface area contributed by atoms with Gasteiger partial charge in [0.15, 0.2) is 11.5 Å². The van der Waals surface area contributed by atoms with Gasteiger partial charge in [0.25, 0.3) is 5.91 Å². The number of unbranched alkanes of at least 4 members (excludes halogenated alkanes) is 2. The summed E-state index contributed by atoms with van der Waals surface area (Å²) >= 11 is 0. The molecule has 250 valence electrons. The molecule has 3 amide bonds. The van der Waals surface area contributed by atoms with Crippen molar-refractivity contribution in [1.29, 1.82) is 0 Å². The van der Waals surface area contributed by atoms with Gasteiger partial charge in [-0.15, -0.1) is 0 Å². The van der Waals surface area contributed by atoms with Crippen molar-refractivity contribution in [2.24, 2.45) is 0 Å². The number of para-hydroxylation sites is 1. The van der Waals surface area contributed by atoms with Gasteiger partial charge in [-0.3, -0.25) is 14.7 Å². The van der Waals surface area contributed by atoms with Crippen molar-refractivity contribution in [1.82, 2.24) is 15.2 Å². The fourth-order valence-corrected chi connectivity index (χ4v) is 6.96. The van der Waals surface area contributed by atoms with Gasteiger partial charge in [0.2, 0.25) is 0 Å². The van der Waals surface area contributed by atoms with Gasteiger partial charge >= 0.3 is 6.03 Å². The molecule has 1 atom stereocenters. The van der Waals surface area contributed by atoms with Crippen molar-refractivity contribution in [3.05, 3.63) is 119 Å². The average molecular weight is 656 g/mol. The largest absolute Gasteiger partial charge is 0.494 e. The van der Waals surface area contributed by atoms with Crippen LogP contribution in [0.25, 0.3) is 22.0 Å². The Morgan fingerprint density at radius 1 is 0.878 bits per heavy atom. The highest BCUT2D eigenvalue weighted by atomic mass is 16.6. The molecule has 4 aromatic carbocycles. The number of imide groups is 1. The smallest absolute Gasteiger partial charge is 0.325 e. The second-order valence-electron chi connectivity index (χ2n) is 12.7. The maximum Gasteiger partial charge on any atom is 0.325 e. The second kappa shape index (κ2) is 14.0. The van der Waals surface area contributed by atoms with Crippen molar-refractivity contribution < 1.29 is 23.8 Å². The van der Waals surface area contributed by atoms with Gasteiger partial charge in [0, 0.05) is 18.1 Å². The zero-order valence-corrected chi connectivity index (χ0v) is 28.0. The van der Waals surface area contributed by atoms with Crippen LogP contribution in [0.1, 0.15) is 54.9 Å². The van der Waals surface area contributed by atoms with Crippen molar-refractivity contribution in [3.8, 4) is 28.4 Å². The maximum absolute atomic E-state index is 13.7. The standard InChI is InChI=1S/C41H41N3O5/c1-3-41(32-18-19-35-36(26-32)49-23-22-48-35)39(45)44(40(46)43-41)20-8-5-9-21-47-33-16-11-15-30(25-33)37-31(24-29-13-6-4-7-14-29)27-42-38-28(2)12-10-17-34(37)38/h4,6-7,10-19,25-27H,3,5,8-9,20-24H2,1-2H3,(H,43,46). The average Bonchev–Trinajstić information content (AvgIpc) is 3.38. The first-order chi connectivity index (χ1) is 24.0. The minimum atomic E-state index is -1.11. The van der Waals surface area contributed by atoms with E-state index in [0.29, 0.717) is 56.3 Å². The number of urea groups is 1. The highest BCUT2D eigenvalue weighted by Crippen LogP contribution is 2.39. The Labute approximate surface area is 287 Å². The SMILES string of the molecule is CCC1(c2ccc3c(c2)OCCO3)NC(=O)N(CCCCCOc2cccc(-c3c(Cc4ccccc4)cnc4c(C)cccc34)c2)C1=O. The summed E-state index contributed by atoms with van der Waals surface area (Å²) in [5, 5.41) is 4.11. The third-order valence-electron chi connectivity index (χ3n) is 9.57. The number of hydrogen-bond donors (Lipinski definition) is 1. The molecular formula is C41H41N3O5. The van der Waals surface area contributed by atoms with E-state index in [4.69, 9.17) is 19.2 Å². The molecule has 1 N–H and O–H groups in total. The van der Waals surface area contributed by atoms with Crippen LogP contribution in [-0.4, -0.2) is 48.2 Å². The van der Waals surface area contributed by atoms with Crippen molar-refractivity contribution in [2.45, 2.75) is 51.5 Å². The van der Waals surface area contributed by atoms with E-state index < -0.39 is 5.54 Å². The number of aromatic nitrogens is 1. The number of benzene rings is 4. The number of carbonyl (C=O) groups is 2. The van der Waals surface area contributed by atoms with Crippen LogP contribution in [-0.2, 0) is 16.8 Å². The molecule has 7 rings (SSSR count). The van der Waals surface area contributed by atoms with E-state index in [2.05, 4.69) is 66.8 Å². The topological polar surface area (TPSA) is 90.0 Å². The van der Waals surface area contributed by atoms with Gasteiger partial charge in [0.1, 0.15) is 24.5 Å². The lowest BCUT2D eigenvalue weighted by Crippen LogP contribution is -2.43. The quantitative estimate of drug-likeness (QED) is 0.108. The van der Waals surface area contributed by atoms with E-state index in [-0.39, 0.29) is 11.9 Å². The third kappa shape index (κ3) is 6.43. The van der Waals surface area contributed by atoms with Crippen molar-refractivity contribution >= 4 is 22.8 Å². The molecule has 2 aliphatic rings. The van der Waals surface area contributed by atoms with Crippen LogP contribution in [0.15, 0.2) is 97.2 Å². The summed E-state index contributed by atoms with van der Waals surface area (Å²) in [5.41, 5.74) is 6.43. The van der Waals surface area contributed by atoms with Gasteiger partial charge in [-0.25, -0.2) is 4.79 Å². The van der Waals surface area contributed by atoms with E-state index in [0.717, 1.165) is 47.0 Å². The summed E-state index contributed by atoms with van der Waals surface area (Å²) in [6.45, 7) is 5.84. The van der Waals surface area contributed by atoms with Crippen LogP contribution in [0, 0.1) is 6.92 Å². The molecule has 49 heavy (non-hydrogen) atoms. The lowest BCUT2D eigenvalue weighted by Gasteiger charge is -2.27. The number of nitrogens with zero attached hydrogens (tertiary/aromatic N) is 2. The molecule has 0 spiro atoms. The molecule has 8 nitrogen and oxygen atoms in total. The normalized spacial score (nSPS) is 17.0. The number of rotatable bonds is 12. The first kappa shape index (κ1) is 32.2. The minimum Gasteiger partial charge on any atom is -0.494 e. The van der Waals surface area contributed by atoms with Gasteiger partial charge in [0.05, 0.1) is 12.1 Å². The zero-order chi connectivity index (χ0) is 33.8. The maximum atomic E-state index is 13.7. The molecule has 1 saturated heterocycles. The Morgan fingerprint density at radius 3 is 2.53 bits per heavy atom. The van der Waals surface area contributed by atoms with Gasteiger partial charge in [-0.1, -0.05) is 73.7 Å². The lowest BCUT2D eigenvalue weighted by molar-refractivity contribution is -0.131. The third-order valence-corrected chi connectivity index (χ3v) is 9.57. The number of pyridine rings is 1. The zero-order valence-electron chi connectivity index (χ0n) is 28.0. The van der Waals surface area contributed by atoms with Gasteiger partial charge in [-0.2, -0.15) is 0 Å². The monoisotopic (exact) mass is 655 g/mol. The Kier molecular flexibility index (Phi) is 9.20. The summed E-state index contributed by atoms with van der Waals surface area (Å²) < 4.78 is 17.6. The highest BCUT2D eigenvalue weighted by molar-refractivity contribution is 6.07. The predicted molar refractivity (Wildman–Crippen MR) is 190 cm³/mol. The van der Waals surface area contributed by atoms with Gasteiger partial charge < -0.3 is 19.5 Å². The molecule has 0 bridgehead atoms. The molecule has 3 heterocycles. The van der Waals surface area contributed by atoms with E-state index in [1.165, 1.54) is 21.6 Å². The summed E-state index contributed by atoms with van der Waals surface area (Å²) in [6.07, 6.45) is 5.53.